The summed E-state index contributed by atoms with van der Waals surface area (Å²) < 4.78 is 13.8. The van der Waals surface area contributed by atoms with Crippen LogP contribution in [0.1, 0.15) is 63.4 Å². The minimum absolute atomic E-state index is 0.120. The average Bonchev–Trinajstić information content (AvgIpc) is 3.22. The van der Waals surface area contributed by atoms with E-state index in [-0.39, 0.29) is 11.4 Å². The lowest BCUT2D eigenvalue weighted by atomic mass is 9.45. The standard InChI is InChI=1S/C24H32FNO/c25-21-5-3-20(4-6-21)24(27,23-7-1-9-26(23)10-2-8-23)22-18-12-16-11-17(14-18)15-19(22)13-16/h3-6,16-19,22,27H,1-2,7-15H2. The number of benzene rings is 1. The van der Waals surface area contributed by atoms with Crippen molar-refractivity contribution in [1.82, 2.24) is 4.90 Å². The van der Waals surface area contributed by atoms with Crippen molar-refractivity contribution in [3.63, 3.8) is 0 Å². The first-order valence-corrected chi connectivity index (χ1v) is 11.3. The van der Waals surface area contributed by atoms with Crippen molar-refractivity contribution < 1.29 is 9.50 Å². The zero-order valence-corrected chi connectivity index (χ0v) is 16.2. The normalized spacial score (nSPS) is 41.6. The number of fused-ring (bicyclic) bond motifs is 1. The predicted octanol–water partition coefficient (Wildman–Crippen LogP) is 4.71. The van der Waals surface area contributed by atoms with Gasteiger partial charge in [-0.25, -0.2) is 4.39 Å². The van der Waals surface area contributed by atoms with Gasteiger partial charge in [0.05, 0.1) is 5.54 Å². The molecule has 7 rings (SSSR count). The van der Waals surface area contributed by atoms with Crippen molar-refractivity contribution >= 4 is 0 Å². The van der Waals surface area contributed by atoms with Gasteiger partial charge in [-0.1, -0.05) is 12.1 Å². The molecular formula is C24H32FNO. The smallest absolute Gasteiger partial charge is 0.123 e. The van der Waals surface area contributed by atoms with Crippen LogP contribution in [0.2, 0.25) is 0 Å². The molecule has 146 valence electrons. The highest BCUT2D eigenvalue weighted by atomic mass is 19.1. The van der Waals surface area contributed by atoms with Crippen molar-refractivity contribution in [2.24, 2.45) is 29.6 Å². The summed E-state index contributed by atoms with van der Waals surface area (Å²) in [6.07, 6.45) is 11.3. The van der Waals surface area contributed by atoms with Crippen LogP contribution >= 0.6 is 0 Å². The summed E-state index contributed by atoms with van der Waals surface area (Å²) in [5.74, 6) is 3.29. The molecule has 1 unspecified atom stereocenters. The molecular weight excluding hydrogens is 337 g/mol. The fourth-order valence-electron chi connectivity index (χ4n) is 8.81. The van der Waals surface area contributed by atoms with Gasteiger partial charge in [0.25, 0.3) is 0 Å². The van der Waals surface area contributed by atoms with Gasteiger partial charge in [-0.3, -0.25) is 4.90 Å². The molecule has 1 N–H and O–H groups in total. The first-order valence-electron chi connectivity index (χ1n) is 11.3. The van der Waals surface area contributed by atoms with Gasteiger partial charge in [0.2, 0.25) is 0 Å². The fraction of sp³-hybridized carbons (Fsp3) is 0.750. The third kappa shape index (κ3) is 2.19. The Morgan fingerprint density at radius 3 is 2.00 bits per heavy atom. The van der Waals surface area contributed by atoms with Crippen LogP contribution in [0, 0.1) is 35.4 Å². The van der Waals surface area contributed by atoms with Crippen LogP contribution in [-0.2, 0) is 5.60 Å². The average molecular weight is 370 g/mol. The highest BCUT2D eigenvalue weighted by Crippen LogP contribution is 2.65. The molecule has 0 amide bonds. The van der Waals surface area contributed by atoms with Crippen LogP contribution < -0.4 is 0 Å². The Kier molecular flexibility index (Phi) is 3.64. The third-order valence-corrected chi connectivity index (χ3v) is 9.35. The second-order valence-electron chi connectivity index (χ2n) is 10.5. The molecule has 4 aliphatic carbocycles. The fourth-order valence-corrected chi connectivity index (χ4v) is 8.81. The Bertz CT molecular complexity index is 692. The zero-order valence-electron chi connectivity index (χ0n) is 16.2. The van der Waals surface area contributed by atoms with E-state index in [4.69, 9.17) is 0 Å². The lowest BCUT2D eigenvalue weighted by Gasteiger charge is -2.62. The maximum atomic E-state index is 13.8. The molecule has 0 radical (unpaired) electrons. The number of halogens is 1. The molecule has 1 aromatic carbocycles. The largest absolute Gasteiger partial charge is 0.383 e. The molecule has 2 heterocycles. The molecule has 2 saturated heterocycles. The van der Waals surface area contributed by atoms with E-state index in [0.717, 1.165) is 43.3 Å². The maximum Gasteiger partial charge on any atom is 0.123 e. The zero-order chi connectivity index (χ0) is 18.2. The van der Waals surface area contributed by atoms with Crippen molar-refractivity contribution in [2.45, 2.75) is 68.9 Å². The summed E-state index contributed by atoms with van der Waals surface area (Å²) >= 11 is 0. The topological polar surface area (TPSA) is 23.5 Å². The first-order chi connectivity index (χ1) is 13.1. The van der Waals surface area contributed by atoms with Crippen molar-refractivity contribution in [2.75, 3.05) is 13.1 Å². The van der Waals surface area contributed by atoms with Gasteiger partial charge in [0.1, 0.15) is 11.4 Å². The highest BCUT2D eigenvalue weighted by molar-refractivity contribution is 5.33. The second kappa shape index (κ2) is 5.79. The Balaban J connectivity index is 1.51. The number of hydrogen-bond acceptors (Lipinski definition) is 2. The van der Waals surface area contributed by atoms with Crippen LogP contribution in [0.4, 0.5) is 4.39 Å². The van der Waals surface area contributed by atoms with E-state index in [2.05, 4.69) is 4.90 Å². The molecule has 4 bridgehead atoms. The predicted molar refractivity (Wildman–Crippen MR) is 104 cm³/mol. The van der Waals surface area contributed by atoms with E-state index in [1.807, 2.05) is 12.1 Å². The molecule has 6 aliphatic rings. The van der Waals surface area contributed by atoms with Gasteiger partial charge in [-0.2, -0.15) is 0 Å². The first kappa shape index (κ1) is 17.0. The molecule has 3 heteroatoms. The van der Waals surface area contributed by atoms with Gasteiger partial charge in [0, 0.05) is 0 Å². The monoisotopic (exact) mass is 369 g/mol. The van der Waals surface area contributed by atoms with Crippen molar-refractivity contribution in [1.29, 1.82) is 0 Å². The van der Waals surface area contributed by atoms with E-state index >= 15 is 0 Å². The minimum Gasteiger partial charge on any atom is -0.383 e. The Labute approximate surface area is 162 Å². The lowest BCUT2D eigenvalue weighted by Crippen LogP contribution is -2.65. The molecule has 1 atom stereocenters. The van der Waals surface area contributed by atoms with Gasteiger partial charge < -0.3 is 5.11 Å². The van der Waals surface area contributed by atoms with Crippen LogP contribution in [0.3, 0.4) is 0 Å². The summed E-state index contributed by atoms with van der Waals surface area (Å²) in [5, 5.41) is 12.8. The van der Waals surface area contributed by atoms with Crippen LogP contribution in [0.15, 0.2) is 24.3 Å². The van der Waals surface area contributed by atoms with E-state index in [9.17, 15) is 9.50 Å². The Morgan fingerprint density at radius 2 is 1.44 bits per heavy atom. The summed E-state index contributed by atoms with van der Waals surface area (Å²) in [7, 11) is 0. The van der Waals surface area contributed by atoms with E-state index in [0.29, 0.717) is 17.8 Å². The molecule has 2 aliphatic heterocycles. The Hall–Kier alpha value is -0.930. The number of nitrogens with zero attached hydrogens (tertiary/aromatic N) is 1. The van der Waals surface area contributed by atoms with Gasteiger partial charge in [-0.05, 0) is 118 Å². The molecule has 0 aromatic heterocycles. The number of rotatable bonds is 3. The van der Waals surface area contributed by atoms with E-state index < -0.39 is 5.60 Å². The second-order valence-corrected chi connectivity index (χ2v) is 10.5. The highest BCUT2D eigenvalue weighted by Gasteiger charge is 2.66. The molecule has 0 spiro atoms. The quantitative estimate of drug-likeness (QED) is 0.834. The number of hydrogen-bond donors (Lipinski definition) is 1. The van der Waals surface area contributed by atoms with Gasteiger partial charge >= 0.3 is 0 Å². The van der Waals surface area contributed by atoms with E-state index in [1.165, 1.54) is 44.9 Å². The minimum atomic E-state index is -0.823. The maximum absolute atomic E-state index is 13.8. The van der Waals surface area contributed by atoms with Crippen molar-refractivity contribution in [3.8, 4) is 0 Å². The molecule has 4 saturated carbocycles. The third-order valence-electron chi connectivity index (χ3n) is 9.35. The van der Waals surface area contributed by atoms with Crippen LogP contribution in [0.5, 0.6) is 0 Å². The summed E-state index contributed by atoms with van der Waals surface area (Å²) in [4.78, 5) is 2.61. The van der Waals surface area contributed by atoms with Gasteiger partial charge in [-0.15, -0.1) is 0 Å². The van der Waals surface area contributed by atoms with Crippen molar-refractivity contribution in [3.05, 3.63) is 35.6 Å². The summed E-state index contributed by atoms with van der Waals surface area (Å²) in [6, 6.07) is 6.95. The Morgan fingerprint density at radius 1 is 0.889 bits per heavy atom. The van der Waals surface area contributed by atoms with Crippen LogP contribution in [0.25, 0.3) is 0 Å². The molecule has 27 heavy (non-hydrogen) atoms. The SMILES string of the molecule is OC(c1ccc(F)cc1)(C1C2CC3CC(C2)CC1C3)C12CCCN1CCC2. The molecule has 6 fully saturated rings. The van der Waals surface area contributed by atoms with Crippen LogP contribution in [-0.4, -0.2) is 28.6 Å². The number of aliphatic hydroxyl groups is 1. The van der Waals surface area contributed by atoms with E-state index in [1.54, 1.807) is 12.1 Å². The van der Waals surface area contributed by atoms with Gasteiger partial charge in [0.15, 0.2) is 0 Å². The molecule has 1 aromatic rings. The summed E-state index contributed by atoms with van der Waals surface area (Å²) in [5.41, 5.74) is 0.0523. The molecule has 2 nitrogen and oxygen atoms in total. The lowest BCUT2D eigenvalue weighted by molar-refractivity contribution is -0.201. The summed E-state index contributed by atoms with van der Waals surface area (Å²) in [6.45, 7) is 2.24.